The smallest absolute Gasteiger partial charge is 1.00 e. The maximum atomic E-state index is 5.61. The molecule has 0 radical (unpaired) electrons. The summed E-state index contributed by atoms with van der Waals surface area (Å²) in [4.78, 5) is 2.08. The fraction of sp³-hybridized carbons (Fsp3) is 0.250. The van der Waals surface area contributed by atoms with Gasteiger partial charge >= 0.3 is 51.2 Å². The minimum Gasteiger partial charge on any atom is -1.00 e. The second kappa shape index (κ2) is 12.6. The quantitative estimate of drug-likeness (QED) is 0.307. The molecule has 0 aliphatic rings. The van der Waals surface area contributed by atoms with Crippen LogP contribution in [0.2, 0.25) is 0 Å². The Balaban J connectivity index is 0. The Labute approximate surface area is 213 Å². The van der Waals surface area contributed by atoms with Crippen LogP contribution in [0.4, 0.5) is 0 Å². The first-order valence-corrected chi connectivity index (χ1v) is 13.5. The van der Waals surface area contributed by atoms with E-state index in [1.54, 1.807) is 11.8 Å². The van der Waals surface area contributed by atoms with Gasteiger partial charge in [0.25, 0.3) is 0 Å². The van der Waals surface area contributed by atoms with E-state index in [0.29, 0.717) is 11.5 Å². The molecular weight excluding hydrogens is 486 g/mol. The molecular formula is C16H22CaO6P2S3. The standard InChI is InChI=1S/C16H20O6P2S3.Ca.2H/c1-17-23(25,18-2)21-13-5-9-15(10-6-13)27-16-11-7-14(8-12-16)22-24(26,19-3)20-4;;;/h5-12H,1-4H3;;;/q;+2;2*-1. The molecule has 0 unspecified atom stereocenters. The monoisotopic (exact) mass is 508 g/mol. The Morgan fingerprint density at radius 3 is 1.18 bits per heavy atom. The van der Waals surface area contributed by atoms with E-state index in [9.17, 15) is 0 Å². The van der Waals surface area contributed by atoms with Crippen molar-refractivity contribution < 1.29 is 30.0 Å². The van der Waals surface area contributed by atoms with Gasteiger partial charge in [0.05, 0.1) is 0 Å². The van der Waals surface area contributed by atoms with Crippen molar-refractivity contribution in [1.82, 2.24) is 0 Å². The largest absolute Gasteiger partial charge is 2.00 e. The van der Waals surface area contributed by atoms with Crippen molar-refractivity contribution in [2.45, 2.75) is 9.79 Å². The molecule has 2 rings (SSSR count). The molecule has 6 nitrogen and oxygen atoms in total. The fourth-order valence-corrected chi connectivity index (χ4v) is 4.52. The van der Waals surface area contributed by atoms with Crippen LogP contribution in [-0.2, 0) is 41.7 Å². The van der Waals surface area contributed by atoms with Gasteiger partial charge in [0.15, 0.2) is 0 Å². The van der Waals surface area contributed by atoms with Gasteiger partial charge in [0.2, 0.25) is 0 Å². The summed E-state index contributed by atoms with van der Waals surface area (Å²) in [5.74, 6) is 1.19. The third-order valence-electron chi connectivity index (χ3n) is 3.21. The predicted molar refractivity (Wildman–Crippen MR) is 123 cm³/mol. The average molecular weight is 509 g/mol. The first-order chi connectivity index (χ1) is 12.8. The van der Waals surface area contributed by atoms with Crippen LogP contribution < -0.4 is 9.05 Å². The molecule has 152 valence electrons. The first-order valence-electron chi connectivity index (χ1n) is 7.55. The van der Waals surface area contributed by atoms with Crippen molar-refractivity contribution in [1.29, 1.82) is 0 Å². The molecule has 0 aromatic heterocycles. The average Bonchev–Trinajstić information content (AvgIpc) is 2.70. The van der Waals surface area contributed by atoms with Crippen LogP contribution in [0, 0.1) is 0 Å². The third-order valence-corrected chi connectivity index (χ3v) is 9.12. The fourth-order valence-electron chi connectivity index (χ4n) is 1.83. The van der Waals surface area contributed by atoms with Crippen LogP contribution in [0.3, 0.4) is 0 Å². The van der Waals surface area contributed by atoms with Gasteiger partial charge in [0, 0.05) is 61.8 Å². The molecule has 2 aromatic carbocycles. The molecule has 0 saturated carbocycles. The van der Waals surface area contributed by atoms with E-state index in [2.05, 4.69) is 0 Å². The SMILES string of the molecule is COP(=S)(OC)Oc1ccc(Sc2ccc(OP(=S)(OC)OC)cc2)cc1.[Ca+2].[H-].[H-]. The molecule has 0 N–H and O–H groups in total. The van der Waals surface area contributed by atoms with Gasteiger partial charge in [-0.3, -0.25) is 0 Å². The molecule has 28 heavy (non-hydrogen) atoms. The van der Waals surface area contributed by atoms with Crippen molar-refractivity contribution in [3.05, 3.63) is 48.5 Å². The Kier molecular flexibility index (Phi) is 12.1. The van der Waals surface area contributed by atoms with E-state index in [0.717, 1.165) is 9.79 Å². The maximum absolute atomic E-state index is 5.61. The minimum absolute atomic E-state index is 0. The van der Waals surface area contributed by atoms with Gasteiger partial charge in [0.1, 0.15) is 11.5 Å². The van der Waals surface area contributed by atoms with Crippen molar-refractivity contribution in [3.8, 4) is 11.5 Å². The van der Waals surface area contributed by atoms with Gasteiger partial charge < -0.3 is 30.0 Å². The van der Waals surface area contributed by atoms with E-state index in [4.69, 9.17) is 50.8 Å². The molecule has 0 bridgehead atoms. The molecule has 0 heterocycles. The van der Waals surface area contributed by atoms with Crippen molar-refractivity contribution in [2.75, 3.05) is 28.4 Å². The van der Waals surface area contributed by atoms with Crippen LogP contribution in [0.5, 0.6) is 11.5 Å². The zero-order chi connectivity index (χ0) is 19.9. The normalized spacial score (nSPS) is 11.6. The summed E-state index contributed by atoms with van der Waals surface area (Å²) in [6.07, 6.45) is 0. The topological polar surface area (TPSA) is 55.4 Å². The second-order valence-electron chi connectivity index (χ2n) is 4.85. The molecule has 0 fully saturated rings. The molecule has 0 amide bonds. The molecule has 0 saturated heterocycles. The summed E-state index contributed by atoms with van der Waals surface area (Å²) in [5.41, 5.74) is 0. The first kappa shape index (κ1) is 26.8. The Bertz CT molecular complexity index is 760. The third kappa shape index (κ3) is 8.14. The van der Waals surface area contributed by atoms with E-state index < -0.39 is 13.4 Å². The van der Waals surface area contributed by atoms with E-state index in [-0.39, 0.29) is 40.6 Å². The number of hydrogen-bond donors (Lipinski definition) is 0. The summed E-state index contributed by atoms with van der Waals surface area (Å²) >= 11 is 12.0. The second-order valence-corrected chi connectivity index (χ2v) is 12.3. The molecule has 0 spiro atoms. The molecule has 0 aliphatic heterocycles. The molecule has 0 atom stereocenters. The number of hydrogen-bond acceptors (Lipinski definition) is 9. The number of benzene rings is 2. The summed E-state index contributed by atoms with van der Waals surface area (Å²) in [7, 11) is 5.89. The van der Waals surface area contributed by atoms with E-state index in [1.807, 2.05) is 48.5 Å². The van der Waals surface area contributed by atoms with Gasteiger partial charge in [-0.2, -0.15) is 0 Å². The summed E-state index contributed by atoms with van der Waals surface area (Å²) < 4.78 is 31.7. The van der Waals surface area contributed by atoms with E-state index in [1.165, 1.54) is 28.4 Å². The van der Waals surface area contributed by atoms with Crippen molar-refractivity contribution in [3.63, 3.8) is 0 Å². The van der Waals surface area contributed by atoms with Crippen LogP contribution in [0.25, 0.3) is 0 Å². The molecule has 0 aliphatic carbocycles. The minimum atomic E-state index is -2.73. The zero-order valence-corrected chi connectivity index (χ0v) is 22.3. The zero-order valence-electron chi connectivity index (χ0n) is 17.9. The van der Waals surface area contributed by atoms with Gasteiger partial charge in [-0.15, -0.1) is 0 Å². The summed E-state index contributed by atoms with van der Waals surface area (Å²) in [6, 6.07) is 15.0. The van der Waals surface area contributed by atoms with Crippen LogP contribution in [-0.4, -0.2) is 66.2 Å². The maximum Gasteiger partial charge on any atom is 2.00 e. The van der Waals surface area contributed by atoms with Gasteiger partial charge in [-0.05, 0) is 48.5 Å². The Morgan fingerprint density at radius 1 is 0.643 bits per heavy atom. The number of rotatable bonds is 10. The summed E-state index contributed by atoms with van der Waals surface area (Å²) in [6.45, 7) is -5.45. The summed E-state index contributed by atoms with van der Waals surface area (Å²) in [5, 5.41) is 0. The Morgan fingerprint density at radius 2 is 0.929 bits per heavy atom. The van der Waals surface area contributed by atoms with Gasteiger partial charge in [-0.25, -0.2) is 0 Å². The van der Waals surface area contributed by atoms with Gasteiger partial charge in [-0.1, -0.05) is 11.8 Å². The Hall–Kier alpha value is 0.790. The predicted octanol–water partition coefficient (Wildman–Crippen LogP) is 5.47. The van der Waals surface area contributed by atoms with E-state index >= 15 is 0 Å². The molecule has 12 heteroatoms. The van der Waals surface area contributed by atoms with Crippen molar-refractivity contribution in [2.24, 2.45) is 0 Å². The van der Waals surface area contributed by atoms with Crippen molar-refractivity contribution >= 4 is 86.6 Å². The van der Waals surface area contributed by atoms with Crippen LogP contribution in [0.1, 0.15) is 2.85 Å². The van der Waals surface area contributed by atoms with Crippen LogP contribution >= 0.6 is 25.2 Å². The van der Waals surface area contributed by atoms with Crippen LogP contribution in [0.15, 0.2) is 58.3 Å². The molecule has 2 aromatic rings.